The molecule has 0 heterocycles. The SMILES string of the molecule is C=CCC[C@H]1CC[C@H](c2ccc(-c3ccc(C#Cc4ccc(Cl)cc4)cc3)cc2)CC1. The van der Waals surface area contributed by atoms with E-state index in [1.54, 1.807) is 0 Å². The van der Waals surface area contributed by atoms with Gasteiger partial charge in [-0.3, -0.25) is 0 Å². The highest BCUT2D eigenvalue weighted by molar-refractivity contribution is 6.30. The van der Waals surface area contributed by atoms with Crippen LogP contribution < -0.4 is 0 Å². The predicted octanol–water partition coefficient (Wildman–Crippen LogP) is 8.65. The van der Waals surface area contributed by atoms with Gasteiger partial charge in [-0.2, -0.15) is 0 Å². The fourth-order valence-corrected chi connectivity index (χ4v) is 4.64. The van der Waals surface area contributed by atoms with Gasteiger partial charge in [0.25, 0.3) is 0 Å². The maximum Gasteiger partial charge on any atom is 0.0406 e. The van der Waals surface area contributed by atoms with E-state index >= 15 is 0 Å². The molecule has 0 saturated heterocycles. The molecular weight excluding hydrogens is 396 g/mol. The van der Waals surface area contributed by atoms with Gasteiger partial charge in [-0.15, -0.1) is 6.58 Å². The summed E-state index contributed by atoms with van der Waals surface area (Å²) >= 11 is 5.93. The Morgan fingerprint density at radius 3 is 1.81 bits per heavy atom. The Labute approximate surface area is 192 Å². The number of hydrogen-bond donors (Lipinski definition) is 0. The standard InChI is InChI=1S/C30H29Cl/c1-2-3-4-23-7-13-26(14-8-23)28-17-19-29(20-18-28)27-15-9-24(10-16-27)5-6-25-11-21-30(31)22-12-25/h2,9-12,15-23,26H,1,3-4,7-8,13-14H2/t23-,26-. The molecule has 0 aromatic heterocycles. The van der Waals surface area contributed by atoms with Gasteiger partial charge in [-0.25, -0.2) is 0 Å². The number of rotatable bonds is 5. The van der Waals surface area contributed by atoms with E-state index in [1.807, 2.05) is 24.3 Å². The Bertz CT molecular complexity index is 1040. The maximum absolute atomic E-state index is 5.93. The van der Waals surface area contributed by atoms with Gasteiger partial charge in [0.2, 0.25) is 0 Å². The Hall–Kier alpha value is -2.75. The number of hydrogen-bond acceptors (Lipinski definition) is 0. The molecule has 0 N–H and O–H groups in total. The minimum atomic E-state index is 0.722. The molecule has 0 spiro atoms. The average Bonchev–Trinajstić information content (AvgIpc) is 2.83. The van der Waals surface area contributed by atoms with Crippen molar-refractivity contribution < 1.29 is 0 Å². The summed E-state index contributed by atoms with van der Waals surface area (Å²) in [5.74, 6) is 8.04. The molecule has 0 aliphatic heterocycles. The van der Waals surface area contributed by atoms with Crippen LogP contribution in [0.2, 0.25) is 5.02 Å². The molecule has 156 valence electrons. The molecule has 1 saturated carbocycles. The Morgan fingerprint density at radius 2 is 1.26 bits per heavy atom. The van der Waals surface area contributed by atoms with Crippen molar-refractivity contribution in [2.45, 2.75) is 44.4 Å². The zero-order valence-corrected chi connectivity index (χ0v) is 18.7. The summed E-state index contributed by atoms with van der Waals surface area (Å²) in [6.45, 7) is 3.86. The van der Waals surface area contributed by atoms with Crippen molar-refractivity contribution in [1.82, 2.24) is 0 Å². The quantitative estimate of drug-likeness (QED) is 0.284. The molecule has 0 unspecified atom stereocenters. The normalized spacial score (nSPS) is 18.1. The summed E-state index contributed by atoms with van der Waals surface area (Å²) in [6.07, 6.45) is 9.90. The van der Waals surface area contributed by atoms with E-state index in [1.165, 1.54) is 48.8 Å². The van der Waals surface area contributed by atoms with Crippen LogP contribution in [0.4, 0.5) is 0 Å². The molecular formula is C30H29Cl. The first-order valence-corrected chi connectivity index (χ1v) is 11.7. The molecule has 0 nitrogen and oxygen atoms in total. The molecule has 0 amide bonds. The third kappa shape index (κ3) is 5.90. The monoisotopic (exact) mass is 424 g/mol. The topological polar surface area (TPSA) is 0 Å². The van der Waals surface area contributed by atoms with E-state index in [-0.39, 0.29) is 0 Å². The molecule has 1 fully saturated rings. The largest absolute Gasteiger partial charge is 0.103 e. The first-order chi connectivity index (χ1) is 15.2. The van der Waals surface area contributed by atoms with Gasteiger partial charge in [0.1, 0.15) is 0 Å². The van der Waals surface area contributed by atoms with E-state index in [4.69, 9.17) is 11.6 Å². The van der Waals surface area contributed by atoms with Crippen LogP contribution in [0.15, 0.2) is 85.5 Å². The summed E-state index contributed by atoms with van der Waals surface area (Å²) < 4.78 is 0. The fraction of sp³-hybridized carbons (Fsp3) is 0.267. The molecule has 0 atom stereocenters. The van der Waals surface area contributed by atoms with Crippen molar-refractivity contribution in [3.8, 4) is 23.0 Å². The third-order valence-corrected chi connectivity index (χ3v) is 6.67. The zero-order valence-electron chi connectivity index (χ0n) is 18.0. The minimum Gasteiger partial charge on any atom is -0.103 e. The van der Waals surface area contributed by atoms with Gasteiger partial charge in [-0.05, 0) is 103 Å². The summed E-state index contributed by atoms with van der Waals surface area (Å²) in [6, 6.07) is 25.3. The lowest BCUT2D eigenvalue weighted by atomic mass is 9.77. The summed E-state index contributed by atoms with van der Waals surface area (Å²) in [7, 11) is 0. The first-order valence-electron chi connectivity index (χ1n) is 11.3. The van der Waals surface area contributed by atoms with Gasteiger partial charge < -0.3 is 0 Å². The van der Waals surface area contributed by atoms with Crippen LogP contribution in [0.3, 0.4) is 0 Å². The summed E-state index contributed by atoms with van der Waals surface area (Å²) in [4.78, 5) is 0. The van der Waals surface area contributed by atoms with E-state index in [9.17, 15) is 0 Å². The van der Waals surface area contributed by atoms with Crippen LogP contribution in [0.5, 0.6) is 0 Å². The smallest absolute Gasteiger partial charge is 0.0406 e. The third-order valence-electron chi connectivity index (χ3n) is 6.42. The molecule has 1 aliphatic rings. The van der Waals surface area contributed by atoms with Crippen LogP contribution in [0.25, 0.3) is 11.1 Å². The zero-order chi connectivity index (χ0) is 21.5. The first kappa shape index (κ1) is 21.5. The van der Waals surface area contributed by atoms with E-state index in [2.05, 4.69) is 73.0 Å². The van der Waals surface area contributed by atoms with Gasteiger partial charge >= 0.3 is 0 Å². The Morgan fingerprint density at radius 1 is 0.742 bits per heavy atom. The summed E-state index contributed by atoms with van der Waals surface area (Å²) in [5.41, 5.74) is 5.98. The minimum absolute atomic E-state index is 0.722. The van der Waals surface area contributed by atoms with Crippen molar-refractivity contribution >= 4 is 11.6 Å². The van der Waals surface area contributed by atoms with Crippen LogP contribution in [0.1, 0.15) is 61.1 Å². The molecule has 0 radical (unpaired) electrons. The van der Waals surface area contributed by atoms with Gasteiger partial charge in [0.05, 0.1) is 0 Å². The summed E-state index contributed by atoms with van der Waals surface area (Å²) in [5, 5.41) is 0.733. The number of benzene rings is 3. The van der Waals surface area contributed by atoms with E-state index in [0.717, 1.165) is 34.4 Å². The molecule has 3 aromatic carbocycles. The van der Waals surface area contributed by atoms with Gasteiger partial charge in [-0.1, -0.05) is 65.9 Å². The Kier molecular flexibility index (Phi) is 7.29. The maximum atomic E-state index is 5.93. The second kappa shape index (κ2) is 10.5. The molecule has 31 heavy (non-hydrogen) atoms. The van der Waals surface area contributed by atoms with Gasteiger partial charge in [0, 0.05) is 16.1 Å². The van der Waals surface area contributed by atoms with E-state index in [0.29, 0.717) is 0 Å². The number of halogens is 1. The van der Waals surface area contributed by atoms with Crippen molar-refractivity contribution in [3.05, 3.63) is 107 Å². The lowest BCUT2D eigenvalue weighted by Gasteiger charge is -2.28. The second-order valence-electron chi connectivity index (χ2n) is 8.54. The van der Waals surface area contributed by atoms with Crippen LogP contribution >= 0.6 is 11.6 Å². The highest BCUT2D eigenvalue weighted by Gasteiger charge is 2.21. The van der Waals surface area contributed by atoms with Crippen LogP contribution in [-0.2, 0) is 0 Å². The molecule has 0 bridgehead atoms. The molecule has 4 rings (SSSR count). The highest BCUT2D eigenvalue weighted by atomic mass is 35.5. The second-order valence-corrected chi connectivity index (χ2v) is 8.98. The molecule has 1 heteroatoms. The molecule has 1 aliphatic carbocycles. The van der Waals surface area contributed by atoms with E-state index < -0.39 is 0 Å². The van der Waals surface area contributed by atoms with Crippen molar-refractivity contribution in [2.75, 3.05) is 0 Å². The lowest BCUT2D eigenvalue weighted by molar-refractivity contribution is 0.312. The van der Waals surface area contributed by atoms with Crippen molar-refractivity contribution in [1.29, 1.82) is 0 Å². The van der Waals surface area contributed by atoms with Crippen molar-refractivity contribution in [3.63, 3.8) is 0 Å². The Balaban J connectivity index is 1.37. The lowest BCUT2D eigenvalue weighted by Crippen LogP contribution is -2.13. The predicted molar refractivity (Wildman–Crippen MR) is 133 cm³/mol. The average molecular weight is 425 g/mol. The molecule has 3 aromatic rings. The van der Waals surface area contributed by atoms with Crippen LogP contribution in [0, 0.1) is 17.8 Å². The van der Waals surface area contributed by atoms with Gasteiger partial charge in [0.15, 0.2) is 0 Å². The van der Waals surface area contributed by atoms with Crippen LogP contribution in [-0.4, -0.2) is 0 Å². The highest BCUT2D eigenvalue weighted by Crippen LogP contribution is 2.38. The number of allylic oxidation sites excluding steroid dienone is 1. The van der Waals surface area contributed by atoms with Crippen molar-refractivity contribution in [2.24, 2.45) is 5.92 Å². The fourth-order valence-electron chi connectivity index (χ4n) is 4.51.